The SMILES string of the molecule is CN(C1CCNCC1)C1CC2c3cccc(Cl)c3C1c1cccc(Cl)c12. The van der Waals surface area contributed by atoms with Gasteiger partial charge in [0.05, 0.1) is 0 Å². The highest BCUT2D eigenvalue weighted by Gasteiger charge is 2.47. The summed E-state index contributed by atoms with van der Waals surface area (Å²) in [4.78, 5) is 2.65. The van der Waals surface area contributed by atoms with Crippen molar-refractivity contribution < 1.29 is 0 Å². The fourth-order valence-corrected chi connectivity index (χ4v) is 6.21. The van der Waals surface area contributed by atoms with Gasteiger partial charge in [-0.05, 0) is 73.8 Å². The van der Waals surface area contributed by atoms with Crippen LogP contribution in [0, 0.1) is 0 Å². The van der Waals surface area contributed by atoms with E-state index in [0.29, 0.717) is 23.9 Å². The maximum Gasteiger partial charge on any atom is 0.0447 e. The van der Waals surface area contributed by atoms with E-state index in [9.17, 15) is 0 Å². The second kappa shape index (κ2) is 6.53. The van der Waals surface area contributed by atoms with Crippen LogP contribution in [0.4, 0.5) is 0 Å². The van der Waals surface area contributed by atoms with Gasteiger partial charge in [-0.2, -0.15) is 0 Å². The predicted molar refractivity (Wildman–Crippen MR) is 109 cm³/mol. The molecule has 1 aliphatic heterocycles. The van der Waals surface area contributed by atoms with Crippen molar-refractivity contribution in [1.82, 2.24) is 10.2 Å². The van der Waals surface area contributed by atoms with Crippen molar-refractivity contribution >= 4 is 23.2 Å². The molecule has 136 valence electrons. The van der Waals surface area contributed by atoms with Gasteiger partial charge in [-0.3, -0.25) is 4.90 Å². The normalized spacial score (nSPS) is 27.5. The van der Waals surface area contributed by atoms with Crippen LogP contribution < -0.4 is 5.32 Å². The summed E-state index contributed by atoms with van der Waals surface area (Å²) in [6.07, 6.45) is 3.58. The molecule has 2 bridgehead atoms. The molecule has 0 amide bonds. The van der Waals surface area contributed by atoms with Gasteiger partial charge >= 0.3 is 0 Å². The zero-order chi connectivity index (χ0) is 17.8. The number of fused-ring (bicyclic) bond motifs is 1. The summed E-state index contributed by atoms with van der Waals surface area (Å²) in [5.41, 5.74) is 5.45. The standard InChI is InChI=1S/C22H24Cl2N2/c1-26(13-8-10-25-11-9-13)19-12-16-14-4-2-7-18(24)21(14)22(19)15-5-3-6-17(23)20(15)16/h2-7,13,16,19,22,25H,8-12H2,1H3. The lowest BCUT2D eigenvalue weighted by Crippen LogP contribution is -2.51. The number of nitrogens with one attached hydrogen (secondary N) is 1. The number of benzene rings is 2. The van der Waals surface area contributed by atoms with Gasteiger partial charge in [-0.15, -0.1) is 0 Å². The van der Waals surface area contributed by atoms with Crippen LogP contribution in [-0.4, -0.2) is 37.1 Å². The van der Waals surface area contributed by atoms with Crippen LogP contribution in [0.25, 0.3) is 0 Å². The Kier molecular flexibility index (Phi) is 4.28. The van der Waals surface area contributed by atoms with Crippen molar-refractivity contribution in [2.45, 2.75) is 43.2 Å². The molecule has 1 N–H and O–H groups in total. The van der Waals surface area contributed by atoms with Gasteiger partial charge in [-0.25, -0.2) is 0 Å². The zero-order valence-corrected chi connectivity index (χ0v) is 16.5. The summed E-state index contributed by atoms with van der Waals surface area (Å²) in [6.45, 7) is 2.24. The smallest absolute Gasteiger partial charge is 0.0447 e. The monoisotopic (exact) mass is 386 g/mol. The molecule has 0 spiro atoms. The van der Waals surface area contributed by atoms with Crippen molar-refractivity contribution in [3.63, 3.8) is 0 Å². The Morgan fingerprint density at radius 2 is 1.58 bits per heavy atom. The molecule has 6 rings (SSSR count). The number of likely N-dealkylation sites (N-methyl/N-ethyl adjacent to an activating group) is 1. The molecule has 0 radical (unpaired) electrons. The third-order valence-electron chi connectivity index (χ3n) is 6.81. The van der Waals surface area contributed by atoms with Gasteiger partial charge in [0.1, 0.15) is 0 Å². The fraction of sp³-hybridized carbons (Fsp3) is 0.455. The minimum Gasteiger partial charge on any atom is -0.317 e. The average Bonchev–Trinajstić information content (AvgIpc) is 2.68. The molecule has 26 heavy (non-hydrogen) atoms. The third kappa shape index (κ3) is 2.46. The lowest BCUT2D eigenvalue weighted by molar-refractivity contribution is 0.111. The van der Waals surface area contributed by atoms with E-state index >= 15 is 0 Å². The summed E-state index contributed by atoms with van der Waals surface area (Å²) in [7, 11) is 2.32. The maximum atomic E-state index is 6.74. The molecule has 3 unspecified atom stereocenters. The number of hydrogen-bond acceptors (Lipinski definition) is 2. The first-order valence-electron chi connectivity index (χ1n) is 9.66. The summed E-state index contributed by atoms with van der Waals surface area (Å²) in [5.74, 6) is 0.670. The maximum absolute atomic E-state index is 6.74. The molecule has 3 atom stereocenters. The van der Waals surface area contributed by atoms with Crippen molar-refractivity contribution in [1.29, 1.82) is 0 Å². The summed E-state index contributed by atoms with van der Waals surface area (Å²) in [5, 5.41) is 5.31. The van der Waals surface area contributed by atoms with Gasteiger partial charge in [0.2, 0.25) is 0 Å². The predicted octanol–water partition coefficient (Wildman–Crippen LogP) is 5.03. The molecule has 2 aromatic rings. The van der Waals surface area contributed by atoms with Gasteiger partial charge in [0.25, 0.3) is 0 Å². The van der Waals surface area contributed by atoms with Crippen LogP contribution in [0.5, 0.6) is 0 Å². The van der Waals surface area contributed by atoms with Gasteiger partial charge in [0.15, 0.2) is 0 Å². The molecule has 0 saturated carbocycles. The Morgan fingerprint density at radius 1 is 0.923 bits per heavy atom. The number of halogens is 2. The van der Waals surface area contributed by atoms with E-state index in [0.717, 1.165) is 29.6 Å². The van der Waals surface area contributed by atoms with Crippen molar-refractivity contribution in [2.24, 2.45) is 0 Å². The van der Waals surface area contributed by atoms with E-state index < -0.39 is 0 Å². The minimum atomic E-state index is 0.317. The van der Waals surface area contributed by atoms with E-state index in [1.54, 1.807) is 0 Å². The Balaban J connectivity index is 1.64. The Hall–Kier alpha value is -1.06. The molecule has 3 aliphatic carbocycles. The second-order valence-electron chi connectivity index (χ2n) is 7.97. The molecule has 2 aromatic carbocycles. The third-order valence-corrected chi connectivity index (χ3v) is 7.47. The van der Waals surface area contributed by atoms with Crippen LogP contribution >= 0.6 is 23.2 Å². The van der Waals surface area contributed by atoms with Crippen molar-refractivity contribution in [2.75, 3.05) is 20.1 Å². The quantitative estimate of drug-likeness (QED) is 0.778. The molecular formula is C22H24Cl2N2. The topological polar surface area (TPSA) is 15.3 Å². The van der Waals surface area contributed by atoms with Crippen molar-refractivity contribution in [3.8, 4) is 0 Å². The van der Waals surface area contributed by atoms with Gasteiger partial charge in [0, 0.05) is 34.0 Å². The molecule has 0 aromatic heterocycles. The van der Waals surface area contributed by atoms with E-state index in [1.165, 1.54) is 35.1 Å². The van der Waals surface area contributed by atoms with Crippen LogP contribution in [0.3, 0.4) is 0 Å². The number of rotatable bonds is 2. The van der Waals surface area contributed by atoms with E-state index in [2.05, 4.69) is 41.5 Å². The van der Waals surface area contributed by atoms with Crippen LogP contribution in [0.2, 0.25) is 10.0 Å². The summed E-state index contributed by atoms with van der Waals surface area (Å²) in [6, 6.07) is 13.9. The van der Waals surface area contributed by atoms with Gasteiger partial charge in [-0.1, -0.05) is 47.5 Å². The molecule has 1 fully saturated rings. The molecule has 2 nitrogen and oxygen atoms in total. The van der Waals surface area contributed by atoms with E-state index in [1.807, 2.05) is 12.1 Å². The molecular weight excluding hydrogens is 363 g/mol. The zero-order valence-electron chi connectivity index (χ0n) is 15.0. The number of hydrogen-bond donors (Lipinski definition) is 1. The first-order valence-corrected chi connectivity index (χ1v) is 10.4. The Labute approximate surface area is 165 Å². The summed E-state index contributed by atoms with van der Waals surface area (Å²) >= 11 is 13.4. The van der Waals surface area contributed by atoms with E-state index in [4.69, 9.17) is 23.2 Å². The fourth-order valence-electron chi connectivity index (χ4n) is 5.60. The van der Waals surface area contributed by atoms with Crippen LogP contribution in [0.15, 0.2) is 36.4 Å². The minimum absolute atomic E-state index is 0.317. The Morgan fingerprint density at radius 3 is 2.31 bits per heavy atom. The van der Waals surface area contributed by atoms with Gasteiger partial charge < -0.3 is 5.32 Å². The lowest BCUT2D eigenvalue weighted by Gasteiger charge is -2.51. The highest BCUT2D eigenvalue weighted by molar-refractivity contribution is 6.32. The Bertz CT molecular complexity index is 844. The number of nitrogens with zero attached hydrogens (tertiary/aromatic N) is 1. The molecule has 4 aliphatic rings. The first-order chi connectivity index (χ1) is 12.7. The summed E-state index contributed by atoms with van der Waals surface area (Å²) < 4.78 is 0. The number of piperidine rings is 1. The van der Waals surface area contributed by atoms with Crippen LogP contribution in [-0.2, 0) is 0 Å². The largest absolute Gasteiger partial charge is 0.317 e. The highest BCUT2D eigenvalue weighted by Crippen LogP contribution is 2.57. The first kappa shape index (κ1) is 17.1. The average molecular weight is 387 g/mol. The second-order valence-corrected chi connectivity index (χ2v) is 8.78. The molecule has 4 heteroatoms. The molecule has 1 heterocycles. The lowest BCUT2D eigenvalue weighted by atomic mass is 9.61. The van der Waals surface area contributed by atoms with E-state index in [-0.39, 0.29) is 0 Å². The van der Waals surface area contributed by atoms with Crippen molar-refractivity contribution in [3.05, 3.63) is 68.7 Å². The molecule has 1 saturated heterocycles. The highest BCUT2D eigenvalue weighted by atomic mass is 35.5. The van der Waals surface area contributed by atoms with Crippen LogP contribution in [0.1, 0.15) is 53.4 Å².